The topological polar surface area (TPSA) is 12.0 Å². The van der Waals surface area contributed by atoms with E-state index >= 15 is 0 Å². The lowest BCUT2D eigenvalue weighted by molar-refractivity contribution is 0.609. The number of thiophene rings is 1. The first-order chi connectivity index (χ1) is 4.83. The largest absolute Gasteiger partial charge is 0.317 e. The summed E-state index contributed by atoms with van der Waals surface area (Å²) in [6, 6.07) is 2.77. The zero-order chi connectivity index (χ0) is 7.40. The second kappa shape index (κ2) is 3.74. The fourth-order valence-electron chi connectivity index (χ4n) is 0.864. The van der Waals surface area contributed by atoms with Gasteiger partial charge >= 0.3 is 0 Å². The van der Waals surface area contributed by atoms with Crippen molar-refractivity contribution < 1.29 is 0 Å². The Balaban J connectivity index is 2.40. The quantitative estimate of drug-likeness (QED) is 0.703. The summed E-state index contributed by atoms with van der Waals surface area (Å²) >= 11 is 1.76. The molecule has 0 aromatic carbocycles. The van der Waals surface area contributed by atoms with Crippen molar-refractivity contribution in [3.63, 3.8) is 0 Å². The maximum absolute atomic E-state index is 3.21. The summed E-state index contributed by atoms with van der Waals surface area (Å²) in [6.07, 6.45) is 1.14. The van der Waals surface area contributed by atoms with Gasteiger partial charge in [0.1, 0.15) is 0 Å². The van der Waals surface area contributed by atoms with Crippen molar-refractivity contribution in [1.82, 2.24) is 5.32 Å². The molecule has 1 atom stereocenters. The van der Waals surface area contributed by atoms with E-state index in [1.165, 1.54) is 5.56 Å². The van der Waals surface area contributed by atoms with Crippen LogP contribution in [0, 0.1) is 0 Å². The Morgan fingerprint density at radius 3 is 3.00 bits per heavy atom. The molecule has 0 amide bonds. The van der Waals surface area contributed by atoms with Crippen LogP contribution in [-0.4, -0.2) is 13.1 Å². The van der Waals surface area contributed by atoms with Gasteiger partial charge in [-0.2, -0.15) is 11.3 Å². The van der Waals surface area contributed by atoms with Crippen molar-refractivity contribution in [1.29, 1.82) is 0 Å². The molecule has 0 aliphatic rings. The van der Waals surface area contributed by atoms with Crippen molar-refractivity contribution in [2.24, 2.45) is 0 Å². The Morgan fingerprint density at radius 2 is 2.50 bits per heavy atom. The molecule has 1 N–H and O–H groups in total. The standard InChI is InChI=1S/C8H13NS/c1-7(9-2)5-8-3-4-10-6-8/h3-4,6-7,9H,5H2,1-2H3. The van der Waals surface area contributed by atoms with Crippen LogP contribution in [0.5, 0.6) is 0 Å². The Hall–Kier alpha value is -0.340. The molecular weight excluding hydrogens is 142 g/mol. The van der Waals surface area contributed by atoms with Crippen molar-refractivity contribution in [2.75, 3.05) is 7.05 Å². The highest BCUT2D eigenvalue weighted by Crippen LogP contribution is 2.07. The summed E-state index contributed by atoms with van der Waals surface area (Å²) in [5, 5.41) is 7.53. The molecule has 0 radical (unpaired) electrons. The van der Waals surface area contributed by atoms with Crippen molar-refractivity contribution >= 4 is 11.3 Å². The van der Waals surface area contributed by atoms with Crippen LogP contribution in [0.15, 0.2) is 16.8 Å². The van der Waals surface area contributed by atoms with E-state index in [2.05, 4.69) is 29.1 Å². The molecule has 0 saturated heterocycles. The Bertz CT molecular complexity index is 169. The normalized spacial score (nSPS) is 13.4. The van der Waals surface area contributed by atoms with Gasteiger partial charge in [-0.05, 0) is 42.8 Å². The van der Waals surface area contributed by atoms with Gasteiger partial charge in [0.15, 0.2) is 0 Å². The molecule has 1 unspecified atom stereocenters. The van der Waals surface area contributed by atoms with Crippen molar-refractivity contribution in [3.8, 4) is 0 Å². The van der Waals surface area contributed by atoms with Gasteiger partial charge in [0.2, 0.25) is 0 Å². The molecular formula is C8H13NS. The number of hydrogen-bond donors (Lipinski definition) is 1. The van der Waals surface area contributed by atoms with Gasteiger partial charge in [0, 0.05) is 6.04 Å². The SMILES string of the molecule is CNC(C)Cc1ccsc1. The van der Waals surface area contributed by atoms with E-state index in [0.29, 0.717) is 6.04 Å². The first-order valence-corrected chi connectivity index (χ1v) is 4.45. The lowest BCUT2D eigenvalue weighted by Crippen LogP contribution is -2.23. The second-order valence-electron chi connectivity index (χ2n) is 2.53. The molecule has 1 rings (SSSR count). The summed E-state index contributed by atoms with van der Waals surface area (Å²) in [6.45, 7) is 2.19. The number of rotatable bonds is 3. The van der Waals surface area contributed by atoms with Gasteiger partial charge in [-0.1, -0.05) is 0 Å². The highest BCUT2D eigenvalue weighted by atomic mass is 32.1. The number of nitrogens with one attached hydrogen (secondary N) is 1. The van der Waals surface area contributed by atoms with Gasteiger partial charge in [0.05, 0.1) is 0 Å². The molecule has 0 saturated carbocycles. The summed E-state index contributed by atoms with van der Waals surface area (Å²) in [4.78, 5) is 0. The van der Waals surface area contributed by atoms with Crippen LogP contribution < -0.4 is 5.32 Å². The maximum Gasteiger partial charge on any atom is 0.00764 e. The van der Waals surface area contributed by atoms with Crippen molar-refractivity contribution in [2.45, 2.75) is 19.4 Å². The molecule has 1 heterocycles. The van der Waals surface area contributed by atoms with E-state index in [9.17, 15) is 0 Å². The minimum Gasteiger partial charge on any atom is -0.317 e. The van der Waals surface area contributed by atoms with Crippen LogP contribution in [-0.2, 0) is 6.42 Å². The Kier molecular flexibility index (Phi) is 2.90. The molecule has 2 heteroatoms. The fraction of sp³-hybridized carbons (Fsp3) is 0.500. The minimum atomic E-state index is 0.592. The predicted molar refractivity (Wildman–Crippen MR) is 46.5 cm³/mol. The fourth-order valence-corrected chi connectivity index (χ4v) is 1.55. The zero-order valence-electron chi connectivity index (χ0n) is 6.42. The molecule has 0 fully saturated rings. The smallest absolute Gasteiger partial charge is 0.00764 e. The van der Waals surface area contributed by atoms with E-state index in [-0.39, 0.29) is 0 Å². The average Bonchev–Trinajstić information content (AvgIpc) is 2.40. The van der Waals surface area contributed by atoms with Crippen LogP contribution in [0.3, 0.4) is 0 Å². The molecule has 0 spiro atoms. The molecule has 10 heavy (non-hydrogen) atoms. The molecule has 1 aromatic heterocycles. The lowest BCUT2D eigenvalue weighted by Gasteiger charge is -2.06. The van der Waals surface area contributed by atoms with Crippen LogP contribution in [0.25, 0.3) is 0 Å². The number of hydrogen-bond acceptors (Lipinski definition) is 2. The van der Waals surface area contributed by atoms with E-state index in [1.807, 2.05) is 7.05 Å². The molecule has 1 nitrogen and oxygen atoms in total. The van der Waals surface area contributed by atoms with E-state index < -0.39 is 0 Å². The summed E-state index contributed by atoms with van der Waals surface area (Å²) < 4.78 is 0. The molecule has 0 aliphatic heterocycles. The summed E-state index contributed by atoms with van der Waals surface area (Å²) in [7, 11) is 2.00. The third-order valence-electron chi connectivity index (χ3n) is 1.61. The van der Waals surface area contributed by atoms with Crippen LogP contribution in [0.4, 0.5) is 0 Å². The van der Waals surface area contributed by atoms with Gasteiger partial charge in [-0.15, -0.1) is 0 Å². The second-order valence-corrected chi connectivity index (χ2v) is 3.31. The zero-order valence-corrected chi connectivity index (χ0v) is 7.24. The van der Waals surface area contributed by atoms with Crippen LogP contribution in [0.1, 0.15) is 12.5 Å². The molecule has 56 valence electrons. The molecule has 0 bridgehead atoms. The van der Waals surface area contributed by atoms with E-state index in [0.717, 1.165) is 6.42 Å². The highest BCUT2D eigenvalue weighted by molar-refractivity contribution is 7.07. The third-order valence-corrected chi connectivity index (χ3v) is 2.35. The molecule has 1 aromatic rings. The average molecular weight is 155 g/mol. The van der Waals surface area contributed by atoms with Crippen LogP contribution in [0.2, 0.25) is 0 Å². The van der Waals surface area contributed by atoms with E-state index in [1.54, 1.807) is 11.3 Å². The summed E-state index contributed by atoms with van der Waals surface area (Å²) in [5.74, 6) is 0. The van der Waals surface area contributed by atoms with Gasteiger partial charge in [0.25, 0.3) is 0 Å². The highest BCUT2D eigenvalue weighted by Gasteiger charge is 1.98. The van der Waals surface area contributed by atoms with Gasteiger partial charge in [-0.25, -0.2) is 0 Å². The van der Waals surface area contributed by atoms with Crippen molar-refractivity contribution in [3.05, 3.63) is 22.4 Å². The minimum absolute atomic E-state index is 0.592. The monoisotopic (exact) mass is 155 g/mol. The predicted octanol–water partition coefficient (Wildman–Crippen LogP) is 1.90. The van der Waals surface area contributed by atoms with Gasteiger partial charge in [-0.3, -0.25) is 0 Å². The van der Waals surface area contributed by atoms with Crippen LogP contribution >= 0.6 is 11.3 Å². The van der Waals surface area contributed by atoms with E-state index in [4.69, 9.17) is 0 Å². The molecule has 0 aliphatic carbocycles. The number of likely N-dealkylation sites (N-methyl/N-ethyl adjacent to an activating group) is 1. The summed E-state index contributed by atoms with van der Waals surface area (Å²) in [5.41, 5.74) is 1.44. The first kappa shape index (κ1) is 7.76. The Morgan fingerprint density at radius 1 is 1.70 bits per heavy atom. The van der Waals surface area contributed by atoms with Gasteiger partial charge < -0.3 is 5.32 Å². The third kappa shape index (κ3) is 2.12. The Labute approximate surface area is 66.1 Å². The first-order valence-electron chi connectivity index (χ1n) is 3.51. The maximum atomic E-state index is 3.21. The lowest BCUT2D eigenvalue weighted by atomic mass is 10.1.